The summed E-state index contributed by atoms with van der Waals surface area (Å²) in [6, 6.07) is 8.45. The van der Waals surface area contributed by atoms with Crippen LogP contribution in [0.2, 0.25) is 0 Å². The molecule has 1 aliphatic heterocycles. The van der Waals surface area contributed by atoms with Gasteiger partial charge in [-0.15, -0.1) is 0 Å². The fraction of sp³-hybridized carbons (Fsp3) is 0.579. The van der Waals surface area contributed by atoms with Gasteiger partial charge in [0.2, 0.25) is 0 Å². The summed E-state index contributed by atoms with van der Waals surface area (Å²) in [6.07, 6.45) is 4.23. The number of piperidine rings is 1. The average Bonchev–Trinajstić information content (AvgIpc) is 2.53. The molecule has 1 aromatic rings. The third-order valence-electron chi connectivity index (χ3n) is 4.50. The molecule has 1 saturated heterocycles. The number of rotatable bonds is 4. The first-order valence-electron chi connectivity index (χ1n) is 8.61. The van der Waals surface area contributed by atoms with E-state index in [1.807, 2.05) is 13.8 Å². The van der Waals surface area contributed by atoms with Gasteiger partial charge in [0.25, 0.3) is 0 Å². The summed E-state index contributed by atoms with van der Waals surface area (Å²) in [4.78, 5) is 25.8. The van der Waals surface area contributed by atoms with Crippen LogP contribution >= 0.6 is 0 Å². The van der Waals surface area contributed by atoms with E-state index in [2.05, 4.69) is 36.5 Å². The summed E-state index contributed by atoms with van der Waals surface area (Å²) in [5, 5.41) is 2.69. The highest BCUT2D eigenvalue weighted by atomic mass is 16.2. The van der Waals surface area contributed by atoms with Crippen molar-refractivity contribution < 1.29 is 9.59 Å². The second-order valence-electron chi connectivity index (χ2n) is 6.85. The minimum absolute atomic E-state index is 0.00640. The molecule has 1 N–H and O–H groups in total. The highest BCUT2D eigenvalue weighted by molar-refractivity contribution is 6.35. The van der Waals surface area contributed by atoms with E-state index >= 15 is 0 Å². The summed E-state index contributed by atoms with van der Waals surface area (Å²) in [5.74, 6) is -0.363. The number of carbonyl (C=O) groups excluding carboxylic acids is 2. The number of aryl methyl sites for hydroxylation is 2. The highest BCUT2D eigenvalue weighted by Crippen LogP contribution is 2.22. The topological polar surface area (TPSA) is 49.4 Å². The predicted molar refractivity (Wildman–Crippen MR) is 92.1 cm³/mol. The van der Waals surface area contributed by atoms with E-state index in [1.165, 1.54) is 11.1 Å². The van der Waals surface area contributed by atoms with Crippen LogP contribution in [0, 0.1) is 12.8 Å². The average molecular weight is 316 g/mol. The number of likely N-dealkylation sites (tertiary alicyclic amines) is 1. The Balaban J connectivity index is 1.87. The van der Waals surface area contributed by atoms with Gasteiger partial charge in [-0.25, -0.2) is 0 Å². The molecular formula is C19H28N2O2. The number of amides is 2. The Labute approximate surface area is 139 Å². The third-order valence-corrected chi connectivity index (χ3v) is 4.50. The van der Waals surface area contributed by atoms with Gasteiger partial charge in [-0.05, 0) is 63.5 Å². The Morgan fingerprint density at radius 3 is 2.74 bits per heavy atom. The zero-order valence-electron chi connectivity index (χ0n) is 14.5. The van der Waals surface area contributed by atoms with Crippen molar-refractivity contribution in [2.24, 2.45) is 5.92 Å². The summed E-state index contributed by atoms with van der Waals surface area (Å²) < 4.78 is 0. The Morgan fingerprint density at radius 1 is 1.30 bits per heavy atom. The maximum atomic E-state index is 12.2. The maximum Gasteiger partial charge on any atom is 0.311 e. The first-order chi connectivity index (χ1) is 11.0. The molecule has 4 heteroatoms. The Morgan fingerprint density at radius 2 is 2.04 bits per heavy atom. The second-order valence-corrected chi connectivity index (χ2v) is 6.85. The van der Waals surface area contributed by atoms with Crippen LogP contribution in [0.15, 0.2) is 24.3 Å². The van der Waals surface area contributed by atoms with Gasteiger partial charge in [0.15, 0.2) is 0 Å². The monoisotopic (exact) mass is 316 g/mol. The van der Waals surface area contributed by atoms with Crippen LogP contribution in [-0.4, -0.2) is 35.8 Å². The Hall–Kier alpha value is -1.84. The smallest absolute Gasteiger partial charge is 0.311 e. The molecule has 0 aliphatic carbocycles. The summed E-state index contributed by atoms with van der Waals surface area (Å²) >= 11 is 0. The molecule has 0 spiro atoms. The van der Waals surface area contributed by atoms with Crippen LogP contribution < -0.4 is 5.32 Å². The van der Waals surface area contributed by atoms with Gasteiger partial charge in [-0.2, -0.15) is 0 Å². The summed E-state index contributed by atoms with van der Waals surface area (Å²) in [6.45, 7) is 7.28. The normalized spacial score (nSPS) is 18.1. The molecule has 4 nitrogen and oxygen atoms in total. The fourth-order valence-corrected chi connectivity index (χ4v) is 3.20. The van der Waals surface area contributed by atoms with Crippen LogP contribution in [-0.2, 0) is 16.0 Å². The van der Waals surface area contributed by atoms with Gasteiger partial charge in [0.1, 0.15) is 0 Å². The molecule has 1 unspecified atom stereocenters. The molecule has 0 saturated carbocycles. The van der Waals surface area contributed by atoms with Crippen molar-refractivity contribution >= 4 is 11.8 Å². The number of nitrogens with one attached hydrogen (secondary N) is 1. The van der Waals surface area contributed by atoms with Crippen LogP contribution in [0.4, 0.5) is 0 Å². The molecular weight excluding hydrogens is 288 g/mol. The minimum Gasteiger partial charge on any atom is -0.346 e. The molecule has 1 fully saturated rings. The second kappa shape index (κ2) is 8.14. The van der Waals surface area contributed by atoms with E-state index in [-0.39, 0.29) is 11.9 Å². The molecule has 126 valence electrons. The first-order valence-corrected chi connectivity index (χ1v) is 8.61. The minimum atomic E-state index is -0.473. The van der Waals surface area contributed by atoms with E-state index in [0.717, 1.165) is 25.7 Å². The molecule has 0 radical (unpaired) electrons. The molecule has 1 atom stereocenters. The number of carbonyl (C=O) groups is 2. The number of benzene rings is 1. The summed E-state index contributed by atoms with van der Waals surface area (Å²) in [7, 11) is 0. The third kappa shape index (κ3) is 5.08. The van der Waals surface area contributed by atoms with Crippen LogP contribution in [0.1, 0.15) is 44.2 Å². The predicted octanol–water partition coefficient (Wildman–Crippen LogP) is 2.69. The molecule has 0 aromatic heterocycles. The van der Waals surface area contributed by atoms with Crippen LogP contribution in [0.5, 0.6) is 0 Å². The van der Waals surface area contributed by atoms with Crippen molar-refractivity contribution in [1.29, 1.82) is 0 Å². The number of hydrogen-bond acceptors (Lipinski definition) is 2. The molecule has 1 heterocycles. The van der Waals surface area contributed by atoms with Gasteiger partial charge < -0.3 is 10.2 Å². The largest absolute Gasteiger partial charge is 0.346 e. The van der Waals surface area contributed by atoms with Crippen molar-refractivity contribution in [2.45, 2.75) is 52.5 Å². The quantitative estimate of drug-likeness (QED) is 0.868. The zero-order valence-corrected chi connectivity index (χ0v) is 14.5. The van der Waals surface area contributed by atoms with Crippen LogP contribution in [0.3, 0.4) is 0 Å². The van der Waals surface area contributed by atoms with Gasteiger partial charge in [0.05, 0.1) is 0 Å². The van der Waals surface area contributed by atoms with Gasteiger partial charge in [-0.3, -0.25) is 9.59 Å². The van der Waals surface area contributed by atoms with Gasteiger partial charge in [-0.1, -0.05) is 24.3 Å². The van der Waals surface area contributed by atoms with Gasteiger partial charge >= 0.3 is 11.8 Å². The van der Waals surface area contributed by atoms with Crippen molar-refractivity contribution in [3.63, 3.8) is 0 Å². The molecule has 23 heavy (non-hydrogen) atoms. The molecule has 2 amide bonds. The Bertz CT molecular complexity index is 554. The number of hydrogen-bond donors (Lipinski definition) is 1. The van der Waals surface area contributed by atoms with Crippen molar-refractivity contribution in [3.05, 3.63) is 35.4 Å². The van der Waals surface area contributed by atoms with E-state index < -0.39 is 5.91 Å². The van der Waals surface area contributed by atoms with Crippen molar-refractivity contribution in [2.75, 3.05) is 13.1 Å². The lowest BCUT2D eigenvalue weighted by molar-refractivity contribution is -0.147. The lowest BCUT2D eigenvalue weighted by Gasteiger charge is -2.32. The van der Waals surface area contributed by atoms with Crippen LogP contribution in [0.25, 0.3) is 0 Å². The van der Waals surface area contributed by atoms with Crippen molar-refractivity contribution in [3.8, 4) is 0 Å². The molecule has 1 aromatic carbocycles. The number of nitrogens with zero attached hydrogens (tertiary/aromatic N) is 1. The lowest BCUT2D eigenvalue weighted by Crippen LogP contribution is -2.48. The maximum absolute atomic E-state index is 12.2. The zero-order chi connectivity index (χ0) is 16.8. The van der Waals surface area contributed by atoms with E-state index in [4.69, 9.17) is 0 Å². The standard InChI is InChI=1S/C19H28N2O2/c1-14(2)20-18(22)19(23)21-12-6-8-16(13-21)10-11-17-9-5-4-7-15(17)3/h4-5,7,9,14,16H,6,8,10-13H2,1-3H3,(H,20,22). The SMILES string of the molecule is Cc1ccccc1CCC1CCCN(C(=O)C(=O)NC(C)C)C1. The first kappa shape index (κ1) is 17.5. The van der Waals surface area contributed by atoms with E-state index in [9.17, 15) is 9.59 Å². The molecule has 1 aliphatic rings. The van der Waals surface area contributed by atoms with E-state index in [1.54, 1.807) is 4.90 Å². The van der Waals surface area contributed by atoms with Crippen molar-refractivity contribution in [1.82, 2.24) is 10.2 Å². The Kier molecular flexibility index (Phi) is 6.20. The molecule has 0 bridgehead atoms. The fourth-order valence-electron chi connectivity index (χ4n) is 3.20. The lowest BCUT2D eigenvalue weighted by atomic mass is 9.90. The van der Waals surface area contributed by atoms with E-state index in [0.29, 0.717) is 19.0 Å². The summed E-state index contributed by atoms with van der Waals surface area (Å²) in [5.41, 5.74) is 2.71. The highest BCUT2D eigenvalue weighted by Gasteiger charge is 2.27. The van der Waals surface area contributed by atoms with Gasteiger partial charge in [0, 0.05) is 19.1 Å². The molecule has 2 rings (SSSR count).